The number of halogens is 1. The molecule has 0 saturated carbocycles. The normalized spacial score (nSPS) is 22.3. The summed E-state index contributed by atoms with van der Waals surface area (Å²) in [5, 5.41) is 9.29. The molecule has 1 atom stereocenters. The van der Waals surface area contributed by atoms with Crippen LogP contribution in [-0.2, 0) is 4.79 Å². The van der Waals surface area contributed by atoms with E-state index in [0.29, 0.717) is 6.42 Å². The number of aryl methyl sites for hydroxylation is 1. The highest BCUT2D eigenvalue weighted by molar-refractivity contribution is 9.10. The molecule has 1 aromatic carbocycles. The summed E-state index contributed by atoms with van der Waals surface area (Å²) in [7, 11) is 0. The number of hydrogen-bond acceptors (Lipinski definition) is 2. The first-order chi connectivity index (χ1) is 8.81. The number of aliphatic carboxylic acids is 1. The molecule has 1 unspecified atom stereocenters. The monoisotopic (exact) mass is 325 g/mol. The summed E-state index contributed by atoms with van der Waals surface area (Å²) in [6.45, 7) is 7.75. The Balaban J connectivity index is 2.20. The lowest BCUT2D eigenvalue weighted by molar-refractivity contribution is -0.146. The van der Waals surface area contributed by atoms with Crippen molar-refractivity contribution in [1.29, 1.82) is 0 Å². The van der Waals surface area contributed by atoms with Gasteiger partial charge in [0.15, 0.2) is 0 Å². The molecule has 2 rings (SSSR count). The molecule has 1 aromatic rings. The maximum atomic E-state index is 11.3. The van der Waals surface area contributed by atoms with Gasteiger partial charge in [0, 0.05) is 23.2 Å². The lowest BCUT2D eigenvalue weighted by Crippen LogP contribution is -2.48. The summed E-state index contributed by atoms with van der Waals surface area (Å²) in [4.78, 5) is 13.6. The van der Waals surface area contributed by atoms with Gasteiger partial charge >= 0.3 is 5.97 Å². The van der Waals surface area contributed by atoms with Crippen LogP contribution in [-0.4, -0.2) is 24.2 Å². The Morgan fingerprint density at radius 2 is 2.16 bits per heavy atom. The van der Waals surface area contributed by atoms with Gasteiger partial charge in [-0.2, -0.15) is 0 Å². The zero-order valence-electron chi connectivity index (χ0n) is 11.6. The van der Waals surface area contributed by atoms with Crippen molar-refractivity contribution in [2.24, 2.45) is 11.3 Å². The predicted octanol–water partition coefficient (Wildman–Crippen LogP) is 3.69. The highest BCUT2D eigenvalue weighted by Gasteiger charge is 2.40. The number of hydrogen-bond donors (Lipinski definition) is 1. The molecular formula is C15H20BrNO2. The number of carboxylic acids is 1. The fourth-order valence-electron chi connectivity index (χ4n) is 2.86. The van der Waals surface area contributed by atoms with Crippen molar-refractivity contribution in [3.63, 3.8) is 0 Å². The second-order valence-electron chi connectivity index (χ2n) is 6.02. The van der Waals surface area contributed by atoms with Crippen molar-refractivity contribution in [3.8, 4) is 0 Å². The van der Waals surface area contributed by atoms with E-state index in [1.165, 1.54) is 11.3 Å². The molecule has 3 nitrogen and oxygen atoms in total. The first-order valence-electron chi connectivity index (χ1n) is 6.55. The Hall–Kier alpha value is -1.03. The van der Waals surface area contributed by atoms with E-state index in [1.54, 1.807) is 0 Å². The van der Waals surface area contributed by atoms with E-state index in [-0.39, 0.29) is 11.3 Å². The third-order valence-electron chi connectivity index (χ3n) is 4.03. The molecule has 0 radical (unpaired) electrons. The maximum absolute atomic E-state index is 11.3. The molecule has 1 N–H and O–H groups in total. The van der Waals surface area contributed by atoms with Gasteiger partial charge in [0.25, 0.3) is 0 Å². The van der Waals surface area contributed by atoms with E-state index in [0.717, 1.165) is 17.6 Å². The van der Waals surface area contributed by atoms with Gasteiger partial charge in [-0.25, -0.2) is 0 Å². The highest BCUT2D eigenvalue weighted by Crippen LogP contribution is 2.37. The summed E-state index contributed by atoms with van der Waals surface area (Å²) in [6.07, 6.45) is 0.706. The largest absolute Gasteiger partial charge is 0.481 e. The van der Waals surface area contributed by atoms with Crippen LogP contribution in [0.5, 0.6) is 0 Å². The minimum absolute atomic E-state index is 0.203. The number of nitrogens with zero attached hydrogens (tertiary/aromatic N) is 1. The fourth-order valence-corrected chi connectivity index (χ4v) is 3.11. The van der Waals surface area contributed by atoms with Crippen molar-refractivity contribution < 1.29 is 9.90 Å². The highest BCUT2D eigenvalue weighted by atomic mass is 79.9. The molecule has 0 aliphatic carbocycles. The summed E-state index contributed by atoms with van der Waals surface area (Å²) in [6, 6.07) is 6.30. The molecule has 1 aliphatic rings. The van der Waals surface area contributed by atoms with Crippen LogP contribution >= 0.6 is 15.9 Å². The molecule has 0 amide bonds. The molecular weight excluding hydrogens is 306 g/mol. The number of carboxylic acid groups (broad SMARTS) is 1. The van der Waals surface area contributed by atoms with E-state index in [1.807, 2.05) is 13.8 Å². The summed E-state index contributed by atoms with van der Waals surface area (Å²) < 4.78 is 1.11. The smallest absolute Gasteiger partial charge is 0.307 e. The predicted molar refractivity (Wildman–Crippen MR) is 80.6 cm³/mol. The molecule has 0 aromatic heterocycles. The molecule has 104 valence electrons. The van der Waals surface area contributed by atoms with Gasteiger partial charge in [-0.05, 0) is 42.5 Å². The van der Waals surface area contributed by atoms with Crippen LogP contribution in [0.2, 0.25) is 0 Å². The molecule has 1 heterocycles. The lowest BCUT2D eigenvalue weighted by atomic mass is 9.74. The van der Waals surface area contributed by atoms with Crippen LogP contribution in [0.15, 0.2) is 22.7 Å². The number of anilines is 1. The van der Waals surface area contributed by atoms with E-state index in [9.17, 15) is 9.90 Å². The van der Waals surface area contributed by atoms with Gasteiger partial charge in [-0.1, -0.05) is 29.8 Å². The van der Waals surface area contributed by atoms with E-state index < -0.39 is 5.97 Å². The summed E-state index contributed by atoms with van der Waals surface area (Å²) >= 11 is 3.51. The standard InChI is InChI=1S/C15H20BrNO2/c1-10-8-11(4-5-13(10)16)17-7-6-12(14(18)19)15(2,3)9-17/h4-5,8,12H,6-7,9H2,1-3H3,(H,18,19). The van der Waals surface area contributed by atoms with E-state index >= 15 is 0 Å². The average Bonchev–Trinajstić information content (AvgIpc) is 2.30. The molecule has 1 aliphatic heterocycles. The fraction of sp³-hybridized carbons (Fsp3) is 0.533. The van der Waals surface area contributed by atoms with Gasteiger partial charge in [0.2, 0.25) is 0 Å². The quantitative estimate of drug-likeness (QED) is 0.901. The molecule has 0 spiro atoms. The second kappa shape index (κ2) is 5.16. The molecule has 19 heavy (non-hydrogen) atoms. The topological polar surface area (TPSA) is 40.5 Å². The first-order valence-corrected chi connectivity index (χ1v) is 7.34. The van der Waals surface area contributed by atoms with Crippen molar-refractivity contribution in [3.05, 3.63) is 28.2 Å². The maximum Gasteiger partial charge on any atom is 0.307 e. The Morgan fingerprint density at radius 1 is 1.47 bits per heavy atom. The van der Waals surface area contributed by atoms with Gasteiger partial charge < -0.3 is 10.0 Å². The average molecular weight is 326 g/mol. The Kier molecular flexibility index (Phi) is 3.90. The third kappa shape index (κ3) is 2.94. The SMILES string of the molecule is Cc1cc(N2CCC(C(=O)O)C(C)(C)C2)ccc1Br. The van der Waals surface area contributed by atoms with Crippen molar-refractivity contribution in [2.75, 3.05) is 18.0 Å². The summed E-state index contributed by atoms with van der Waals surface area (Å²) in [5.74, 6) is -0.920. The Morgan fingerprint density at radius 3 is 2.68 bits per heavy atom. The minimum Gasteiger partial charge on any atom is -0.481 e. The minimum atomic E-state index is -0.670. The van der Waals surface area contributed by atoms with Crippen molar-refractivity contribution in [2.45, 2.75) is 27.2 Å². The number of rotatable bonds is 2. The zero-order chi connectivity index (χ0) is 14.2. The Bertz CT molecular complexity index is 499. The Labute approximate surface area is 122 Å². The van der Waals surface area contributed by atoms with Crippen molar-refractivity contribution in [1.82, 2.24) is 0 Å². The van der Waals surface area contributed by atoms with Gasteiger partial charge in [0.1, 0.15) is 0 Å². The molecule has 1 saturated heterocycles. The molecule has 0 bridgehead atoms. The van der Waals surface area contributed by atoms with Crippen LogP contribution in [0.3, 0.4) is 0 Å². The van der Waals surface area contributed by atoms with Crippen LogP contribution in [0.1, 0.15) is 25.8 Å². The first kappa shape index (κ1) is 14.4. The number of piperidine rings is 1. The van der Waals surface area contributed by atoms with Gasteiger partial charge in [-0.15, -0.1) is 0 Å². The lowest BCUT2D eigenvalue weighted by Gasteiger charge is -2.43. The van der Waals surface area contributed by atoms with Crippen LogP contribution in [0.25, 0.3) is 0 Å². The van der Waals surface area contributed by atoms with Gasteiger partial charge in [0.05, 0.1) is 5.92 Å². The molecule has 4 heteroatoms. The van der Waals surface area contributed by atoms with Gasteiger partial charge in [-0.3, -0.25) is 4.79 Å². The second-order valence-corrected chi connectivity index (χ2v) is 6.88. The zero-order valence-corrected chi connectivity index (χ0v) is 13.2. The van der Waals surface area contributed by atoms with Crippen LogP contribution in [0.4, 0.5) is 5.69 Å². The van der Waals surface area contributed by atoms with Crippen LogP contribution in [0, 0.1) is 18.3 Å². The molecule has 1 fully saturated rings. The van der Waals surface area contributed by atoms with Crippen molar-refractivity contribution >= 4 is 27.6 Å². The van der Waals surface area contributed by atoms with E-state index in [2.05, 4.69) is 46.0 Å². The third-order valence-corrected chi connectivity index (χ3v) is 4.92. The van der Waals surface area contributed by atoms with Crippen LogP contribution < -0.4 is 4.90 Å². The number of benzene rings is 1. The summed E-state index contributed by atoms with van der Waals surface area (Å²) in [5.41, 5.74) is 2.18. The number of carbonyl (C=O) groups is 1. The van der Waals surface area contributed by atoms with E-state index in [4.69, 9.17) is 0 Å².